The van der Waals surface area contributed by atoms with Crippen LogP contribution in [-0.4, -0.2) is 26.5 Å². The number of sulfone groups is 1. The summed E-state index contributed by atoms with van der Waals surface area (Å²) in [5.74, 6) is 0.913. The molecule has 5 heteroatoms. The molecule has 1 aromatic rings. The summed E-state index contributed by atoms with van der Waals surface area (Å²) in [7, 11) is -2.76. The molecule has 1 aromatic carbocycles. The summed E-state index contributed by atoms with van der Waals surface area (Å²) in [6.07, 6.45) is 0.776. The van der Waals surface area contributed by atoms with Crippen LogP contribution in [0.1, 0.15) is 12.0 Å². The van der Waals surface area contributed by atoms with Crippen LogP contribution in [0.2, 0.25) is 5.02 Å². The van der Waals surface area contributed by atoms with Gasteiger partial charge >= 0.3 is 0 Å². The number of hydrogen-bond acceptors (Lipinski definition) is 3. The van der Waals surface area contributed by atoms with Gasteiger partial charge in [0, 0.05) is 11.6 Å². The van der Waals surface area contributed by atoms with E-state index in [0.29, 0.717) is 18.1 Å². The molecule has 1 aliphatic heterocycles. The molecule has 94 valence electrons. The van der Waals surface area contributed by atoms with Crippen molar-refractivity contribution in [3.05, 3.63) is 34.9 Å². The largest absolute Gasteiger partial charge is 0.312 e. The first-order valence-electron chi connectivity index (χ1n) is 5.71. The lowest BCUT2D eigenvalue weighted by atomic mass is 10.1. The third-order valence-corrected chi connectivity index (χ3v) is 5.24. The van der Waals surface area contributed by atoms with Gasteiger partial charge in [0.15, 0.2) is 9.84 Å². The fraction of sp³-hybridized carbons (Fsp3) is 0.500. The van der Waals surface area contributed by atoms with Crippen molar-refractivity contribution >= 4 is 21.4 Å². The van der Waals surface area contributed by atoms with Crippen LogP contribution in [0.25, 0.3) is 0 Å². The zero-order valence-corrected chi connectivity index (χ0v) is 11.1. The average molecular weight is 274 g/mol. The van der Waals surface area contributed by atoms with Gasteiger partial charge in [-0.2, -0.15) is 0 Å². The molecular weight excluding hydrogens is 258 g/mol. The molecule has 1 N–H and O–H groups in total. The zero-order valence-electron chi connectivity index (χ0n) is 9.52. The lowest BCUT2D eigenvalue weighted by Gasteiger charge is -2.10. The van der Waals surface area contributed by atoms with Gasteiger partial charge in [0.05, 0.1) is 11.5 Å². The van der Waals surface area contributed by atoms with Crippen molar-refractivity contribution in [3.8, 4) is 0 Å². The highest BCUT2D eigenvalue weighted by molar-refractivity contribution is 7.91. The number of rotatable bonds is 4. The van der Waals surface area contributed by atoms with Crippen LogP contribution in [0.15, 0.2) is 24.3 Å². The molecule has 1 heterocycles. The molecule has 0 amide bonds. The van der Waals surface area contributed by atoms with Gasteiger partial charge in [-0.3, -0.25) is 0 Å². The summed E-state index contributed by atoms with van der Waals surface area (Å²) in [5.41, 5.74) is 1.05. The highest BCUT2D eigenvalue weighted by atomic mass is 35.5. The van der Waals surface area contributed by atoms with E-state index in [-0.39, 0.29) is 5.92 Å². The Balaban J connectivity index is 1.79. The Morgan fingerprint density at radius 1 is 1.35 bits per heavy atom. The molecule has 3 nitrogen and oxygen atoms in total. The Labute approximate surface area is 107 Å². The summed E-state index contributed by atoms with van der Waals surface area (Å²) in [6.45, 7) is 1.43. The molecule has 0 radical (unpaired) electrons. The highest BCUT2D eigenvalue weighted by Crippen LogP contribution is 2.18. The van der Waals surface area contributed by atoms with Crippen molar-refractivity contribution in [2.45, 2.75) is 13.0 Å². The first-order chi connectivity index (χ1) is 8.07. The van der Waals surface area contributed by atoms with Crippen molar-refractivity contribution in [2.24, 2.45) is 5.92 Å². The second kappa shape index (κ2) is 5.38. The molecule has 1 fully saturated rings. The predicted octanol–water partition coefficient (Wildman–Crippen LogP) is 1.86. The molecule has 0 bridgehead atoms. The molecular formula is C12H16ClNO2S. The second-order valence-electron chi connectivity index (χ2n) is 4.49. The summed E-state index contributed by atoms with van der Waals surface area (Å²) < 4.78 is 22.6. The van der Waals surface area contributed by atoms with Crippen molar-refractivity contribution in [3.63, 3.8) is 0 Å². The third-order valence-electron chi connectivity index (χ3n) is 3.03. The highest BCUT2D eigenvalue weighted by Gasteiger charge is 2.27. The molecule has 0 aromatic heterocycles. The standard InChI is InChI=1S/C12H16ClNO2S/c13-12-4-2-1-3-11(12)8-14-7-10-5-6-17(15,16)9-10/h1-4,10,14H,5-9H2. The summed E-state index contributed by atoms with van der Waals surface area (Å²) >= 11 is 6.03. The Kier molecular flexibility index (Phi) is 4.07. The van der Waals surface area contributed by atoms with E-state index in [2.05, 4.69) is 5.32 Å². The zero-order chi connectivity index (χ0) is 12.3. The molecule has 1 saturated heterocycles. The fourth-order valence-corrected chi connectivity index (χ4v) is 4.15. The van der Waals surface area contributed by atoms with Crippen LogP contribution in [0, 0.1) is 5.92 Å². The van der Waals surface area contributed by atoms with Crippen LogP contribution < -0.4 is 5.32 Å². The minimum absolute atomic E-state index is 0.252. The topological polar surface area (TPSA) is 46.2 Å². The van der Waals surface area contributed by atoms with Gasteiger partial charge in [-0.25, -0.2) is 8.42 Å². The quantitative estimate of drug-likeness (QED) is 0.911. The van der Waals surface area contributed by atoms with Crippen molar-refractivity contribution in [1.82, 2.24) is 5.32 Å². The van der Waals surface area contributed by atoms with E-state index in [4.69, 9.17) is 11.6 Å². The van der Waals surface area contributed by atoms with Gasteiger partial charge in [0.2, 0.25) is 0 Å². The lowest BCUT2D eigenvalue weighted by molar-refractivity contribution is 0.521. The summed E-state index contributed by atoms with van der Waals surface area (Å²) in [5, 5.41) is 4.02. The molecule has 2 rings (SSSR count). The normalized spacial score (nSPS) is 22.8. The van der Waals surface area contributed by atoms with E-state index in [1.54, 1.807) is 0 Å². The molecule has 0 aliphatic carbocycles. The van der Waals surface area contributed by atoms with Crippen molar-refractivity contribution in [1.29, 1.82) is 0 Å². The first-order valence-corrected chi connectivity index (χ1v) is 7.91. The van der Waals surface area contributed by atoms with Crippen molar-refractivity contribution < 1.29 is 8.42 Å². The molecule has 1 aliphatic rings. The second-order valence-corrected chi connectivity index (χ2v) is 7.13. The number of nitrogens with one attached hydrogen (secondary N) is 1. The summed E-state index contributed by atoms with van der Waals surface area (Å²) in [4.78, 5) is 0. The van der Waals surface area contributed by atoms with Gasteiger partial charge in [-0.15, -0.1) is 0 Å². The van der Waals surface area contributed by atoms with E-state index in [1.807, 2.05) is 24.3 Å². The molecule has 1 unspecified atom stereocenters. The number of halogens is 1. The van der Waals surface area contributed by atoms with Gasteiger partial charge in [-0.1, -0.05) is 29.8 Å². The molecule has 17 heavy (non-hydrogen) atoms. The first kappa shape index (κ1) is 12.9. The maximum Gasteiger partial charge on any atom is 0.150 e. The Morgan fingerprint density at radius 2 is 2.12 bits per heavy atom. The van der Waals surface area contributed by atoms with E-state index < -0.39 is 9.84 Å². The Bertz CT molecular complexity index is 487. The smallest absolute Gasteiger partial charge is 0.150 e. The van der Waals surface area contributed by atoms with E-state index in [9.17, 15) is 8.42 Å². The van der Waals surface area contributed by atoms with Crippen LogP contribution in [-0.2, 0) is 16.4 Å². The third kappa shape index (κ3) is 3.69. The fourth-order valence-electron chi connectivity index (χ4n) is 2.09. The number of benzene rings is 1. The van der Waals surface area contributed by atoms with Crippen LogP contribution in [0.5, 0.6) is 0 Å². The molecule has 1 atom stereocenters. The maximum absolute atomic E-state index is 11.3. The minimum atomic E-state index is -2.76. The predicted molar refractivity (Wildman–Crippen MR) is 69.9 cm³/mol. The van der Waals surface area contributed by atoms with E-state index in [0.717, 1.165) is 23.6 Å². The van der Waals surface area contributed by atoms with Gasteiger partial charge in [0.25, 0.3) is 0 Å². The maximum atomic E-state index is 11.3. The van der Waals surface area contributed by atoms with E-state index in [1.165, 1.54) is 0 Å². The van der Waals surface area contributed by atoms with Crippen LogP contribution in [0.4, 0.5) is 0 Å². The van der Waals surface area contributed by atoms with Crippen molar-refractivity contribution in [2.75, 3.05) is 18.1 Å². The van der Waals surface area contributed by atoms with E-state index >= 15 is 0 Å². The Morgan fingerprint density at radius 3 is 2.76 bits per heavy atom. The monoisotopic (exact) mass is 273 g/mol. The molecule has 0 spiro atoms. The van der Waals surface area contributed by atoms with Gasteiger partial charge < -0.3 is 5.32 Å². The SMILES string of the molecule is O=S1(=O)CCC(CNCc2ccccc2Cl)C1. The van der Waals surface area contributed by atoms with Crippen LogP contribution >= 0.6 is 11.6 Å². The molecule has 0 saturated carbocycles. The minimum Gasteiger partial charge on any atom is -0.312 e. The average Bonchev–Trinajstić information content (AvgIpc) is 2.61. The van der Waals surface area contributed by atoms with Gasteiger partial charge in [-0.05, 0) is 30.5 Å². The lowest BCUT2D eigenvalue weighted by Crippen LogP contribution is -2.23. The Hall–Kier alpha value is -0.580. The van der Waals surface area contributed by atoms with Crippen LogP contribution in [0.3, 0.4) is 0 Å². The summed E-state index contributed by atoms with van der Waals surface area (Å²) in [6, 6.07) is 7.68. The number of hydrogen-bond donors (Lipinski definition) is 1. The van der Waals surface area contributed by atoms with Gasteiger partial charge in [0.1, 0.15) is 0 Å².